The van der Waals surface area contributed by atoms with Crippen LogP contribution in [0, 0.1) is 5.92 Å². The van der Waals surface area contributed by atoms with Crippen LogP contribution in [0.1, 0.15) is 31.9 Å². The van der Waals surface area contributed by atoms with E-state index in [1.54, 1.807) is 0 Å². The third kappa shape index (κ3) is 5.60. The van der Waals surface area contributed by atoms with Gasteiger partial charge in [-0.15, -0.1) is 0 Å². The van der Waals surface area contributed by atoms with Gasteiger partial charge < -0.3 is 15.0 Å². The molecule has 1 saturated heterocycles. The molecule has 1 aliphatic heterocycles. The van der Waals surface area contributed by atoms with E-state index in [9.17, 15) is 9.59 Å². The predicted molar refractivity (Wildman–Crippen MR) is 120 cm³/mol. The lowest BCUT2D eigenvalue weighted by atomic mass is 10.0. The van der Waals surface area contributed by atoms with Crippen LogP contribution in [0.5, 0.6) is 0 Å². The maximum Gasteiger partial charge on any atom is 0.327 e. The SMILES string of the molecule is COC(=O)C(c1ccccc1)N1CCN(c2ccc(NC(=O)CC(C)C)cc2)CC1. The van der Waals surface area contributed by atoms with E-state index in [1.165, 1.54) is 7.11 Å². The number of rotatable bonds is 7. The van der Waals surface area contributed by atoms with Gasteiger partial charge in [0.1, 0.15) is 6.04 Å². The number of anilines is 2. The Morgan fingerprint density at radius 1 is 0.967 bits per heavy atom. The Hall–Kier alpha value is -2.86. The van der Waals surface area contributed by atoms with Gasteiger partial charge in [-0.2, -0.15) is 0 Å². The van der Waals surface area contributed by atoms with Gasteiger partial charge >= 0.3 is 5.97 Å². The topological polar surface area (TPSA) is 61.9 Å². The molecule has 160 valence electrons. The monoisotopic (exact) mass is 409 g/mol. The van der Waals surface area contributed by atoms with Crippen LogP contribution in [0.3, 0.4) is 0 Å². The van der Waals surface area contributed by atoms with E-state index in [-0.39, 0.29) is 17.9 Å². The summed E-state index contributed by atoms with van der Waals surface area (Å²) in [6.07, 6.45) is 0.520. The summed E-state index contributed by atoms with van der Waals surface area (Å²) in [7, 11) is 1.44. The minimum Gasteiger partial charge on any atom is -0.468 e. The highest BCUT2D eigenvalue weighted by Crippen LogP contribution is 2.26. The Labute approximate surface area is 178 Å². The molecule has 0 aromatic heterocycles. The molecule has 6 heteroatoms. The molecule has 0 radical (unpaired) electrons. The molecule has 2 aromatic rings. The molecule has 1 aliphatic rings. The molecule has 1 fully saturated rings. The summed E-state index contributed by atoms with van der Waals surface area (Å²) in [5.41, 5.74) is 2.89. The number of ether oxygens (including phenoxy) is 1. The highest BCUT2D eigenvalue weighted by Gasteiger charge is 2.31. The zero-order chi connectivity index (χ0) is 21.5. The Balaban J connectivity index is 1.60. The number of esters is 1. The maximum atomic E-state index is 12.4. The first-order chi connectivity index (χ1) is 14.5. The standard InChI is InChI=1S/C24H31N3O3/c1-18(2)17-22(28)25-20-9-11-21(12-10-20)26-13-15-27(16-14-26)23(24(29)30-3)19-7-5-4-6-8-19/h4-12,18,23H,13-17H2,1-3H3,(H,25,28). The van der Waals surface area contributed by atoms with Gasteiger partial charge in [-0.1, -0.05) is 44.2 Å². The van der Waals surface area contributed by atoms with Crippen LogP contribution >= 0.6 is 0 Å². The van der Waals surface area contributed by atoms with Crippen molar-refractivity contribution < 1.29 is 14.3 Å². The minimum atomic E-state index is -0.378. The number of hydrogen-bond acceptors (Lipinski definition) is 5. The molecule has 6 nitrogen and oxygen atoms in total. The number of methoxy groups -OCH3 is 1. The maximum absolute atomic E-state index is 12.4. The van der Waals surface area contributed by atoms with Gasteiger partial charge in [0.2, 0.25) is 5.91 Å². The molecule has 0 saturated carbocycles. The van der Waals surface area contributed by atoms with Crippen molar-refractivity contribution in [3.63, 3.8) is 0 Å². The molecule has 0 aliphatic carbocycles. The van der Waals surface area contributed by atoms with Gasteiger partial charge in [-0.25, -0.2) is 4.79 Å². The van der Waals surface area contributed by atoms with Crippen LogP contribution in [-0.2, 0) is 14.3 Å². The van der Waals surface area contributed by atoms with Crippen molar-refractivity contribution in [3.8, 4) is 0 Å². The molecule has 1 heterocycles. The second kappa shape index (κ2) is 10.3. The molecule has 2 aromatic carbocycles. The smallest absolute Gasteiger partial charge is 0.327 e. The molecule has 1 unspecified atom stereocenters. The van der Waals surface area contributed by atoms with Crippen molar-refractivity contribution in [2.24, 2.45) is 5.92 Å². The summed E-state index contributed by atoms with van der Waals surface area (Å²) in [4.78, 5) is 28.9. The minimum absolute atomic E-state index is 0.0427. The number of carbonyl (C=O) groups is 2. The summed E-state index contributed by atoms with van der Waals surface area (Å²) >= 11 is 0. The normalized spacial score (nSPS) is 15.7. The lowest BCUT2D eigenvalue weighted by Gasteiger charge is -2.39. The molecule has 0 bridgehead atoms. The average Bonchev–Trinajstić information content (AvgIpc) is 2.75. The van der Waals surface area contributed by atoms with E-state index in [4.69, 9.17) is 4.74 Å². The predicted octanol–water partition coefficient (Wildman–Crippen LogP) is 3.71. The number of carbonyl (C=O) groups excluding carboxylic acids is 2. The van der Waals surface area contributed by atoms with Crippen molar-refractivity contribution >= 4 is 23.3 Å². The van der Waals surface area contributed by atoms with Crippen molar-refractivity contribution in [2.75, 3.05) is 43.5 Å². The third-order valence-electron chi connectivity index (χ3n) is 5.33. The van der Waals surface area contributed by atoms with Gasteiger partial charge in [0.05, 0.1) is 7.11 Å². The van der Waals surface area contributed by atoms with Crippen molar-refractivity contribution in [1.82, 2.24) is 4.90 Å². The average molecular weight is 410 g/mol. The summed E-state index contributed by atoms with van der Waals surface area (Å²) < 4.78 is 5.07. The summed E-state index contributed by atoms with van der Waals surface area (Å²) in [6, 6.07) is 17.4. The molecule has 1 N–H and O–H groups in total. The number of nitrogens with zero attached hydrogens (tertiary/aromatic N) is 2. The molecule has 1 amide bonds. The van der Waals surface area contributed by atoms with Crippen molar-refractivity contribution in [3.05, 3.63) is 60.2 Å². The Kier molecular flexibility index (Phi) is 7.46. The number of nitrogens with one attached hydrogen (secondary N) is 1. The van der Waals surface area contributed by atoms with Crippen LogP contribution in [0.25, 0.3) is 0 Å². The van der Waals surface area contributed by atoms with Gasteiger partial charge in [0.15, 0.2) is 0 Å². The van der Waals surface area contributed by atoms with E-state index in [0.717, 1.165) is 43.1 Å². The second-order valence-electron chi connectivity index (χ2n) is 8.05. The van der Waals surface area contributed by atoms with E-state index >= 15 is 0 Å². The zero-order valence-electron chi connectivity index (χ0n) is 18.0. The lowest BCUT2D eigenvalue weighted by Crippen LogP contribution is -2.49. The number of hydrogen-bond donors (Lipinski definition) is 1. The molecule has 30 heavy (non-hydrogen) atoms. The van der Waals surface area contributed by atoms with E-state index < -0.39 is 0 Å². The van der Waals surface area contributed by atoms with Crippen LogP contribution in [-0.4, -0.2) is 50.1 Å². The van der Waals surface area contributed by atoms with Crippen LogP contribution in [0.2, 0.25) is 0 Å². The second-order valence-corrected chi connectivity index (χ2v) is 8.05. The van der Waals surface area contributed by atoms with Crippen LogP contribution < -0.4 is 10.2 Å². The fraction of sp³-hybridized carbons (Fsp3) is 0.417. The highest BCUT2D eigenvalue weighted by atomic mass is 16.5. The fourth-order valence-electron chi connectivity index (χ4n) is 3.82. The largest absolute Gasteiger partial charge is 0.468 e. The molecular weight excluding hydrogens is 378 g/mol. The highest BCUT2D eigenvalue weighted by molar-refractivity contribution is 5.91. The fourth-order valence-corrected chi connectivity index (χ4v) is 3.82. The van der Waals surface area contributed by atoms with Crippen molar-refractivity contribution in [1.29, 1.82) is 0 Å². The Morgan fingerprint density at radius 2 is 1.60 bits per heavy atom. The van der Waals surface area contributed by atoms with Gasteiger partial charge in [-0.3, -0.25) is 9.69 Å². The Morgan fingerprint density at radius 3 is 2.17 bits per heavy atom. The van der Waals surface area contributed by atoms with Gasteiger partial charge in [0.25, 0.3) is 0 Å². The summed E-state index contributed by atoms with van der Waals surface area (Å²) in [5, 5.41) is 2.95. The molecule has 3 rings (SSSR count). The first kappa shape index (κ1) is 21.8. The van der Waals surface area contributed by atoms with Gasteiger partial charge in [0, 0.05) is 44.0 Å². The first-order valence-electron chi connectivity index (χ1n) is 10.5. The zero-order valence-corrected chi connectivity index (χ0v) is 18.0. The van der Waals surface area contributed by atoms with E-state index in [1.807, 2.05) is 68.4 Å². The number of amides is 1. The lowest BCUT2D eigenvalue weighted by molar-refractivity contribution is -0.147. The molecule has 1 atom stereocenters. The Bertz CT molecular complexity index is 829. The first-order valence-corrected chi connectivity index (χ1v) is 10.5. The molecular formula is C24H31N3O3. The van der Waals surface area contributed by atoms with E-state index in [0.29, 0.717) is 12.3 Å². The van der Waals surface area contributed by atoms with Crippen molar-refractivity contribution in [2.45, 2.75) is 26.3 Å². The number of piperazine rings is 1. The summed E-state index contributed by atoms with van der Waals surface area (Å²) in [6.45, 7) is 7.23. The number of benzene rings is 2. The van der Waals surface area contributed by atoms with Gasteiger partial charge in [-0.05, 0) is 35.7 Å². The van der Waals surface area contributed by atoms with Crippen LogP contribution in [0.15, 0.2) is 54.6 Å². The third-order valence-corrected chi connectivity index (χ3v) is 5.33. The van der Waals surface area contributed by atoms with Crippen LogP contribution in [0.4, 0.5) is 11.4 Å². The molecule has 0 spiro atoms. The van der Waals surface area contributed by atoms with E-state index in [2.05, 4.69) is 15.1 Å². The summed E-state index contributed by atoms with van der Waals surface area (Å²) in [5.74, 6) is 0.155. The quantitative estimate of drug-likeness (QED) is 0.707.